The van der Waals surface area contributed by atoms with Crippen LogP contribution >= 0.6 is 0 Å². The van der Waals surface area contributed by atoms with Gasteiger partial charge < -0.3 is 14.4 Å². The maximum Gasteiger partial charge on any atom is 0.161 e. The first-order valence-corrected chi connectivity index (χ1v) is 6.46. The number of ether oxygens (including phenoxy) is 1. The number of imidazole rings is 1. The van der Waals surface area contributed by atoms with Gasteiger partial charge in [0.25, 0.3) is 0 Å². The zero-order chi connectivity index (χ0) is 14.1. The van der Waals surface area contributed by atoms with Gasteiger partial charge in [-0.2, -0.15) is 0 Å². The molecule has 0 bridgehead atoms. The number of rotatable bonds is 3. The van der Waals surface area contributed by atoms with E-state index in [1.54, 1.807) is 13.2 Å². The fourth-order valence-corrected chi connectivity index (χ4v) is 2.40. The highest BCUT2D eigenvalue weighted by molar-refractivity contribution is 5.75. The molecule has 0 saturated carbocycles. The van der Waals surface area contributed by atoms with E-state index in [4.69, 9.17) is 4.74 Å². The summed E-state index contributed by atoms with van der Waals surface area (Å²) in [5.41, 5.74) is 2.86. The Hall–Kier alpha value is -2.49. The van der Waals surface area contributed by atoms with Gasteiger partial charge in [-0.3, -0.25) is 0 Å². The molecule has 0 aliphatic rings. The van der Waals surface area contributed by atoms with Crippen LogP contribution in [0.5, 0.6) is 11.5 Å². The van der Waals surface area contributed by atoms with E-state index >= 15 is 0 Å². The minimum Gasteiger partial charge on any atom is -0.504 e. The van der Waals surface area contributed by atoms with Crippen molar-refractivity contribution in [2.75, 3.05) is 7.11 Å². The number of hydrogen-bond acceptors (Lipinski definition) is 3. The fourth-order valence-electron chi connectivity index (χ4n) is 2.40. The molecular formula is C16H16N2O2. The average molecular weight is 268 g/mol. The van der Waals surface area contributed by atoms with E-state index in [1.807, 2.05) is 48.0 Å². The minimum absolute atomic E-state index is 0.182. The number of phenols is 1. The number of phenolic OH excluding ortho intramolecular Hbond substituents is 1. The molecule has 1 heterocycles. The third kappa shape index (κ3) is 1.99. The molecule has 1 aromatic heterocycles. The van der Waals surface area contributed by atoms with Crippen LogP contribution in [0.2, 0.25) is 0 Å². The molecule has 0 aliphatic heterocycles. The van der Waals surface area contributed by atoms with Crippen LogP contribution < -0.4 is 4.74 Å². The highest BCUT2D eigenvalue weighted by Crippen LogP contribution is 2.31. The molecule has 102 valence electrons. The zero-order valence-corrected chi connectivity index (χ0v) is 11.5. The Balaban J connectivity index is 2.03. The van der Waals surface area contributed by atoms with E-state index in [2.05, 4.69) is 4.98 Å². The molecule has 3 aromatic rings. The van der Waals surface area contributed by atoms with Gasteiger partial charge >= 0.3 is 0 Å². The van der Waals surface area contributed by atoms with Crippen molar-refractivity contribution < 1.29 is 9.84 Å². The standard InChI is InChI=1S/C16H16N2O2/c1-18-13-8-4-3-7-12(13)17-15(18)10-11-6-5-9-14(20-2)16(11)19/h3-9,19H,10H2,1-2H3. The Morgan fingerprint density at radius 3 is 2.70 bits per heavy atom. The van der Waals surface area contributed by atoms with E-state index in [1.165, 1.54) is 0 Å². The number of para-hydroxylation sites is 3. The highest BCUT2D eigenvalue weighted by Gasteiger charge is 2.12. The predicted molar refractivity (Wildman–Crippen MR) is 78.2 cm³/mol. The molecule has 0 atom stereocenters. The van der Waals surface area contributed by atoms with Crippen LogP contribution in [0.25, 0.3) is 11.0 Å². The Morgan fingerprint density at radius 2 is 1.95 bits per heavy atom. The van der Waals surface area contributed by atoms with Gasteiger partial charge in [-0.1, -0.05) is 24.3 Å². The molecule has 0 amide bonds. The quantitative estimate of drug-likeness (QED) is 0.794. The molecule has 20 heavy (non-hydrogen) atoms. The molecule has 0 aliphatic carbocycles. The van der Waals surface area contributed by atoms with Gasteiger partial charge in [0.2, 0.25) is 0 Å². The van der Waals surface area contributed by atoms with Crippen LogP contribution in [0.4, 0.5) is 0 Å². The van der Waals surface area contributed by atoms with E-state index in [9.17, 15) is 5.11 Å². The molecule has 0 radical (unpaired) electrons. The first kappa shape index (κ1) is 12.5. The third-order valence-corrected chi connectivity index (χ3v) is 3.53. The van der Waals surface area contributed by atoms with Crippen molar-refractivity contribution in [3.63, 3.8) is 0 Å². The van der Waals surface area contributed by atoms with E-state index in [-0.39, 0.29) is 5.75 Å². The van der Waals surface area contributed by atoms with E-state index in [0.717, 1.165) is 22.4 Å². The summed E-state index contributed by atoms with van der Waals surface area (Å²) < 4.78 is 7.19. The molecule has 0 spiro atoms. The number of benzene rings is 2. The largest absolute Gasteiger partial charge is 0.504 e. The summed E-state index contributed by atoms with van der Waals surface area (Å²) in [5, 5.41) is 10.2. The molecule has 0 unspecified atom stereocenters. The Morgan fingerprint density at radius 1 is 1.15 bits per heavy atom. The molecule has 1 N–H and O–H groups in total. The molecule has 2 aromatic carbocycles. The molecule has 0 fully saturated rings. The summed E-state index contributed by atoms with van der Waals surface area (Å²) in [6.07, 6.45) is 0.564. The number of aryl methyl sites for hydroxylation is 1. The second-order valence-corrected chi connectivity index (χ2v) is 4.72. The topological polar surface area (TPSA) is 47.3 Å². The van der Waals surface area contributed by atoms with Gasteiger partial charge in [-0.25, -0.2) is 4.98 Å². The van der Waals surface area contributed by atoms with Crippen LogP contribution in [0.1, 0.15) is 11.4 Å². The van der Waals surface area contributed by atoms with Crippen molar-refractivity contribution in [3.05, 3.63) is 53.9 Å². The van der Waals surface area contributed by atoms with Crippen molar-refractivity contribution in [1.82, 2.24) is 9.55 Å². The predicted octanol–water partition coefficient (Wildman–Crippen LogP) is 2.88. The van der Waals surface area contributed by atoms with Crippen molar-refractivity contribution in [2.45, 2.75) is 6.42 Å². The van der Waals surface area contributed by atoms with Crippen LogP contribution in [0.15, 0.2) is 42.5 Å². The summed E-state index contributed by atoms with van der Waals surface area (Å²) in [7, 11) is 3.54. The van der Waals surface area contributed by atoms with Crippen molar-refractivity contribution in [3.8, 4) is 11.5 Å². The van der Waals surface area contributed by atoms with Gasteiger partial charge in [-0.05, 0) is 18.2 Å². The lowest BCUT2D eigenvalue weighted by atomic mass is 10.1. The van der Waals surface area contributed by atoms with Gasteiger partial charge in [-0.15, -0.1) is 0 Å². The van der Waals surface area contributed by atoms with Crippen LogP contribution in [0, 0.1) is 0 Å². The minimum atomic E-state index is 0.182. The number of hydrogen-bond donors (Lipinski definition) is 1. The van der Waals surface area contributed by atoms with Gasteiger partial charge in [0, 0.05) is 19.0 Å². The lowest BCUT2D eigenvalue weighted by Gasteiger charge is -2.08. The van der Waals surface area contributed by atoms with Gasteiger partial charge in [0.05, 0.1) is 18.1 Å². The Bertz CT molecular complexity index is 762. The molecule has 3 rings (SSSR count). The van der Waals surface area contributed by atoms with Crippen molar-refractivity contribution >= 4 is 11.0 Å². The van der Waals surface area contributed by atoms with Crippen molar-refractivity contribution in [2.24, 2.45) is 7.05 Å². The Labute approximate surface area is 117 Å². The number of nitrogens with zero attached hydrogens (tertiary/aromatic N) is 2. The monoisotopic (exact) mass is 268 g/mol. The lowest BCUT2D eigenvalue weighted by molar-refractivity contribution is 0.371. The first-order chi connectivity index (χ1) is 9.70. The van der Waals surface area contributed by atoms with Gasteiger partial charge in [0.1, 0.15) is 5.82 Å². The summed E-state index contributed by atoms with van der Waals surface area (Å²) in [4.78, 5) is 4.62. The summed E-state index contributed by atoms with van der Waals surface area (Å²) in [6.45, 7) is 0. The number of aromatic nitrogens is 2. The number of methoxy groups -OCH3 is 1. The number of aromatic hydroxyl groups is 1. The third-order valence-electron chi connectivity index (χ3n) is 3.53. The maximum atomic E-state index is 10.2. The maximum absolute atomic E-state index is 10.2. The molecule has 0 saturated heterocycles. The SMILES string of the molecule is COc1cccc(Cc2nc3ccccc3n2C)c1O. The van der Waals surface area contributed by atoms with E-state index in [0.29, 0.717) is 12.2 Å². The van der Waals surface area contributed by atoms with Crippen LogP contribution in [0.3, 0.4) is 0 Å². The van der Waals surface area contributed by atoms with Crippen LogP contribution in [-0.2, 0) is 13.5 Å². The summed E-state index contributed by atoms with van der Waals surface area (Å²) >= 11 is 0. The molecule has 4 heteroatoms. The smallest absolute Gasteiger partial charge is 0.161 e. The number of fused-ring (bicyclic) bond motifs is 1. The summed E-state index contributed by atoms with van der Waals surface area (Å²) in [5.74, 6) is 1.58. The first-order valence-electron chi connectivity index (χ1n) is 6.46. The molecule has 4 nitrogen and oxygen atoms in total. The second-order valence-electron chi connectivity index (χ2n) is 4.72. The highest BCUT2D eigenvalue weighted by atomic mass is 16.5. The zero-order valence-electron chi connectivity index (χ0n) is 11.5. The summed E-state index contributed by atoms with van der Waals surface area (Å²) in [6, 6.07) is 13.5. The fraction of sp³-hybridized carbons (Fsp3) is 0.188. The second kappa shape index (κ2) is 4.89. The Kier molecular flexibility index (Phi) is 3.06. The van der Waals surface area contributed by atoms with E-state index < -0.39 is 0 Å². The normalized spacial score (nSPS) is 10.9. The van der Waals surface area contributed by atoms with Gasteiger partial charge in [0.15, 0.2) is 11.5 Å². The lowest BCUT2D eigenvalue weighted by Crippen LogP contribution is -2.00. The average Bonchev–Trinajstić information content (AvgIpc) is 2.78. The van der Waals surface area contributed by atoms with Crippen molar-refractivity contribution in [1.29, 1.82) is 0 Å². The van der Waals surface area contributed by atoms with Crippen LogP contribution in [-0.4, -0.2) is 21.8 Å². The molecular weight excluding hydrogens is 252 g/mol.